The van der Waals surface area contributed by atoms with Crippen molar-refractivity contribution in [1.82, 2.24) is 0 Å². The SMILES string of the molecule is c1ccc(CSCC(CSCc2ccccc2)SCc2ccccc2)cc1. The van der Waals surface area contributed by atoms with Gasteiger partial charge in [-0.25, -0.2) is 0 Å². The first kappa shape index (κ1) is 20.4. The summed E-state index contributed by atoms with van der Waals surface area (Å²) in [4.78, 5) is 0. The third-order valence-electron chi connectivity index (χ3n) is 4.16. The fourth-order valence-electron chi connectivity index (χ4n) is 2.70. The lowest BCUT2D eigenvalue weighted by Crippen LogP contribution is -2.11. The first-order valence-corrected chi connectivity index (χ1v) is 12.6. The maximum Gasteiger partial charge on any atom is 0.0232 e. The molecule has 0 atom stereocenters. The minimum absolute atomic E-state index is 0.674. The summed E-state index contributed by atoms with van der Waals surface area (Å²) < 4.78 is 0. The van der Waals surface area contributed by atoms with E-state index in [-0.39, 0.29) is 0 Å². The van der Waals surface area contributed by atoms with Gasteiger partial charge in [-0.1, -0.05) is 91.0 Å². The largest absolute Gasteiger partial charge is 0.156 e. The maximum atomic E-state index is 2.23. The molecular weight excluding hydrogens is 384 g/mol. The van der Waals surface area contributed by atoms with Crippen LogP contribution in [0, 0.1) is 0 Å². The van der Waals surface area contributed by atoms with Crippen LogP contribution < -0.4 is 0 Å². The Hall–Kier alpha value is -1.29. The lowest BCUT2D eigenvalue weighted by molar-refractivity contribution is 1.13. The zero-order valence-corrected chi connectivity index (χ0v) is 17.9. The molecule has 0 unspecified atom stereocenters. The molecule has 0 aliphatic carbocycles. The van der Waals surface area contributed by atoms with Crippen LogP contribution in [0.25, 0.3) is 0 Å². The Bertz CT molecular complexity index is 699. The van der Waals surface area contributed by atoms with E-state index in [2.05, 4.69) is 126 Å². The average Bonchev–Trinajstić information content (AvgIpc) is 2.74. The molecule has 0 heterocycles. The molecule has 0 fully saturated rings. The molecule has 3 rings (SSSR count). The smallest absolute Gasteiger partial charge is 0.0232 e. The third kappa shape index (κ3) is 8.08. The van der Waals surface area contributed by atoms with E-state index in [0.717, 1.165) is 17.3 Å². The van der Waals surface area contributed by atoms with Crippen LogP contribution in [-0.4, -0.2) is 16.8 Å². The molecule has 3 aromatic carbocycles. The van der Waals surface area contributed by atoms with Crippen molar-refractivity contribution in [1.29, 1.82) is 0 Å². The fraction of sp³-hybridized carbons (Fsp3) is 0.250. The second kappa shape index (κ2) is 12.2. The predicted octanol–water partition coefficient (Wildman–Crippen LogP) is 7.16. The summed E-state index contributed by atoms with van der Waals surface area (Å²) in [5.74, 6) is 5.71. The Morgan fingerprint density at radius 1 is 0.481 bits per heavy atom. The van der Waals surface area contributed by atoms with Gasteiger partial charge in [0.15, 0.2) is 0 Å². The van der Waals surface area contributed by atoms with Crippen molar-refractivity contribution in [3.8, 4) is 0 Å². The first-order valence-electron chi connectivity index (χ1n) is 9.29. The lowest BCUT2D eigenvalue weighted by atomic mass is 10.2. The Morgan fingerprint density at radius 2 is 0.852 bits per heavy atom. The quantitative estimate of drug-likeness (QED) is 0.329. The van der Waals surface area contributed by atoms with Crippen molar-refractivity contribution < 1.29 is 0 Å². The third-order valence-corrected chi connectivity index (χ3v) is 8.24. The number of thioether (sulfide) groups is 3. The van der Waals surface area contributed by atoms with Gasteiger partial charge in [-0.05, 0) is 16.7 Å². The van der Waals surface area contributed by atoms with E-state index < -0.39 is 0 Å². The molecule has 0 N–H and O–H groups in total. The van der Waals surface area contributed by atoms with Gasteiger partial charge in [0.05, 0.1) is 0 Å². The van der Waals surface area contributed by atoms with Crippen molar-refractivity contribution in [3.05, 3.63) is 108 Å². The number of rotatable bonds is 11. The van der Waals surface area contributed by atoms with Gasteiger partial charge in [0.25, 0.3) is 0 Å². The zero-order chi connectivity index (χ0) is 18.6. The normalized spacial score (nSPS) is 11.0. The van der Waals surface area contributed by atoms with E-state index in [9.17, 15) is 0 Å². The Kier molecular flexibility index (Phi) is 9.26. The van der Waals surface area contributed by atoms with Gasteiger partial charge in [0, 0.05) is 34.0 Å². The van der Waals surface area contributed by atoms with Gasteiger partial charge < -0.3 is 0 Å². The van der Waals surface area contributed by atoms with Gasteiger partial charge in [-0.3, -0.25) is 0 Å². The van der Waals surface area contributed by atoms with Crippen molar-refractivity contribution in [2.24, 2.45) is 0 Å². The highest BCUT2D eigenvalue weighted by Gasteiger charge is 2.11. The summed E-state index contributed by atoms with van der Waals surface area (Å²) in [7, 11) is 0. The molecule has 3 aromatic rings. The van der Waals surface area contributed by atoms with Crippen LogP contribution in [0.2, 0.25) is 0 Å². The molecule has 0 spiro atoms. The Balaban J connectivity index is 1.47. The van der Waals surface area contributed by atoms with Crippen LogP contribution >= 0.6 is 35.3 Å². The van der Waals surface area contributed by atoms with Crippen LogP contribution in [0.3, 0.4) is 0 Å². The minimum Gasteiger partial charge on any atom is -0.156 e. The summed E-state index contributed by atoms with van der Waals surface area (Å²) >= 11 is 6.23. The molecule has 0 nitrogen and oxygen atoms in total. The summed E-state index contributed by atoms with van der Waals surface area (Å²) in [6, 6.07) is 32.5. The molecular formula is C24H26S3. The molecule has 0 radical (unpaired) electrons. The summed E-state index contributed by atoms with van der Waals surface area (Å²) in [6.07, 6.45) is 0. The molecule has 27 heavy (non-hydrogen) atoms. The molecule has 0 saturated heterocycles. The highest BCUT2D eigenvalue weighted by Crippen LogP contribution is 2.27. The topological polar surface area (TPSA) is 0 Å². The first-order chi connectivity index (χ1) is 13.4. The van der Waals surface area contributed by atoms with Crippen molar-refractivity contribution in [2.75, 3.05) is 11.5 Å². The summed E-state index contributed by atoms with van der Waals surface area (Å²) in [5, 5.41) is 0.674. The van der Waals surface area contributed by atoms with E-state index in [1.54, 1.807) is 0 Å². The Labute approximate surface area is 176 Å². The maximum absolute atomic E-state index is 2.23. The molecule has 0 bridgehead atoms. The van der Waals surface area contributed by atoms with Crippen LogP contribution in [0.4, 0.5) is 0 Å². The van der Waals surface area contributed by atoms with Crippen LogP contribution in [0.5, 0.6) is 0 Å². The highest BCUT2D eigenvalue weighted by molar-refractivity contribution is 8.04. The molecule has 0 saturated carbocycles. The molecule has 140 valence electrons. The molecule has 0 aliphatic rings. The van der Waals surface area contributed by atoms with E-state index in [1.807, 2.05) is 0 Å². The van der Waals surface area contributed by atoms with Crippen LogP contribution in [0.1, 0.15) is 16.7 Å². The van der Waals surface area contributed by atoms with E-state index in [0.29, 0.717) is 5.25 Å². The van der Waals surface area contributed by atoms with Crippen molar-refractivity contribution >= 4 is 35.3 Å². The van der Waals surface area contributed by atoms with Crippen molar-refractivity contribution in [3.63, 3.8) is 0 Å². The summed E-state index contributed by atoms with van der Waals surface area (Å²) in [6.45, 7) is 0. The molecule has 0 aromatic heterocycles. The monoisotopic (exact) mass is 410 g/mol. The van der Waals surface area contributed by atoms with Gasteiger partial charge >= 0.3 is 0 Å². The highest BCUT2D eigenvalue weighted by atomic mass is 32.2. The van der Waals surface area contributed by atoms with E-state index >= 15 is 0 Å². The summed E-state index contributed by atoms with van der Waals surface area (Å²) in [5.41, 5.74) is 4.27. The van der Waals surface area contributed by atoms with Crippen molar-refractivity contribution in [2.45, 2.75) is 22.5 Å². The van der Waals surface area contributed by atoms with Gasteiger partial charge in [-0.2, -0.15) is 35.3 Å². The van der Waals surface area contributed by atoms with Gasteiger partial charge in [0.1, 0.15) is 0 Å². The molecule has 0 amide bonds. The standard InChI is InChI=1S/C24H26S3/c1-4-10-21(11-5-1)16-25-19-24(27-18-23-14-8-3-9-15-23)20-26-17-22-12-6-2-7-13-22/h1-15,24H,16-20H2. The fourth-order valence-corrected chi connectivity index (χ4v) is 6.67. The molecule has 0 aliphatic heterocycles. The number of hydrogen-bond acceptors (Lipinski definition) is 3. The lowest BCUT2D eigenvalue weighted by Gasteiger charge is -2.16. The zero-order valence-electron chi connectivity index (χ0n) is 15.5. The average molecular weight is 411 g/mol. The second-order valence-electron chi connectivity index (χ2n) is 6.42. The van der Waals surface area contributed by atoms with Crippen LogP contribution in [-0.2, 0) is 17.3 Å². The second-order valence-corrected chi connectivity index (χ2v) is 9.77. The van der Waals surface area contributed by atoms with E-state index in [4.69, 9.17) is 0 Å². The van der Waals surface area contributed by atoms with Gasteiger partial charge in [-0.15, -0.1) is 0 Å². The van der Waals surface area contributed by atoms with Crippen LogP contribution in [0.15, 0.2) is 91.0 Å². The minimum atomic E-state index is 0.674. The van der Waals surface area contributed by atoms with Gasteiger partial charge in [0.2, 0.25) is 0 Å². The Morgan fingerprint density at radius 3 is 1.26 bits per heavy atom. The van der Waals surface area contributed by atoms with E-state index in [1.165, 1.54) is 28.2 Å². The predicted molar refractivity (Wildman–Crippen MR) is 127 cm³/mol. The number of hydrogen-bond donors (Lipinski definition) is 0. The number of benzene rings is 3. The molecule has 3 heteroatoms.